The van der Waals surface area contributed by atoms with Crippen LogP contribution in [0.15, 0.2) is 12.2 Å². The molecule has 0 nitrogen and oxygen atoms in total. The van der Waals surface area contributed by atoms with Crippen molar-refractivity contribution in [2.45, 2.75) is 39.0 Å². The molecule has 0 saturated carbocycles. The van der Waals surface area contributed by atoms with Crippen molar-refractivity contribution in [2.24, 2.45) is 0 Å². The maximum atomic E-state index is 11.6. The third-order valence-electron chi connectivity index (χ3n) is 1.55. The van der Waals surface area contributed by atoms with E-state index in [-0.39, 0.29) is 0 Å². The summed E-state index contributed by atoms with van der Waals surface area (Å²) < 4.78 is 23.1. The molecule has 0 aromatic rings. The van der Waals surface area contributed by atoms with E-state index in [2.05, 4.69) is 12.7 Å². The molecule has 0 spiro atoms. The first kappa shape index (κ1) is 12.9. The Hall–Kier alpha value is -0.0500. The Balaban J connectivity index is 2.96. The highest BCUT2D eigenvalue weighted by Crippen LogP contribution is 2.12. The molecule has 0 atom stereocenters. The van der Waals surface area contributed by atoms with Crippen LogP contribution < -0.4 is 0 Å². The number of unbranched alkanes of at least 4 members (excludes halogenated alkanes) is 3. The summed E-state index contributed by atoms with van der Waals surface area (Å²) >= 11 is 1.83. The third kappa shape index (κ3) is 12.0. The first-order valence-corrected chi connectivity index (χ1v) is 5.76. The Labute approximate surface area is 83.8 Å². The smallest absolute Gasteiger partial charge is 0.174 e. The number of allylic oxidation sites excluding steroid dienone is 1. The molecule has 0 aromatic carbocycles. The van der Waals surface area contributed by atoms with Crippen LogP contribution in [0.25, 0.3) is 0 Å². The number of hydrogen-bond acceptors (Lipinski definition) is 1. The standard InChI is InChI=1S/C10H17F2S/c1-2-8-13-9-6-4-3-5-7-10(11)12/h7-8H,2-6,9H2,1H3. The van der Waals surface area contributed by atoms with Gasteiger partial charge in [-0.1, -0.05) is 13.3 Å². The molecule has 0 fully saturated rings. The molecule has 77 valence electrons. The monoisotopic (exact) mass is 207 g/mol. The molecular weight excluding hydrogens is 190 g/mol. The molecule has 0 saturated heterocycles. The van der Waals surface area contributed by atoms with Gasteiger partial charge in [-0.25, -0.2) is 0 Å². The Morgan fingerprint density at radius 3 is 2.62 bits per heavy atom. The summed E-state index contributed by atoms with van der Waals surface area (Å²) in [6.45, 7) is 2.11. The number of rotatable bonds is 8. The van der Waals surface area contributed by atoms with E-state index in [9.17, 15) is 8.78 Å². The minimum atomic E-state index is -1.55. The van der Waals surface area contributed by atoms with Gasteiger partial charge in [0.05, 0.1) is 0 Å². The molecule has 0 amide bonds. The molecule has 0 bridgehead atoms. The molecule has 0 aromatic heterocycles. The molecule has 3 heteroatoms. The van der Waals surface area contributed by atoms with Crippen LogP contribution in [0, 0.1) is 5.75 Å². The average molecular weight is 207 g/mol. The topological polar surface area (TPSA) is 0 Å². The quantitative estimate of drug-likeness (QED) is 0.523. The number of halogens is 2. The summed E-state index contributed by atoms with van der Waals surface area (Å²) in [6, 6.07) is 0. The van der Waals surface area contributed by atoms with E-state index in [1.54, 1.807) is 0 Å². The van der Waals surface area contributed by atoms with Gasteiger partial charge >= 0.3 is 0 Å². The number of hydrogen-bond donors (Lipinski definition) is 0. The molecule has 0 unspecified atom stereocenters. The zero-order valence-electron chi connectivity index (χ0n) is 8.06. The lowest BCUT2D eigenvalue weighted by atomic mass is 10.2. The molecule has 0 aliphatic rings. The van der Waals surface area contributed by atoms with Crippen LogP contribution >= 0.6 is 11.8 Å². The minimum absolute atomic E-state index is 0.518. The van der Waals surface area contributed by atoms with Crippen LogP contribution in [0.5, 0.6) is 0 Å². The van der Waals surface area contributed by atoms with E-state index in [0.717, 1.165) is 37.5 Å². The van der Waals surface area contributed by atoms with Crippen LogP contribution in [-0.4, -0.2) is 5.75 Å². The predicted molar refractivity (Wildman–Crippen MR) is 55.8 cm³/mol. The second kappa shape index (κ2) is 10.0. The van der Waals surface area contributed by atoms with Crippen LogP contribution in [0.2, 0.25) is 0 Å². The second-order valence-corrected chi connectivity index (χ2v) is 3.86. The average Bonchev–Trinajstić information content (AvgIpc) is 2.09. The van der Waals surface area contributed by atoms with E-state index in [1.807, 2.05) is 11.8 Å². The summed E-state index contributed by atoms with van der Waals surface area (Å²) in [5.41, 5.74) is 0. The minimum Gasteiger partial charge on any atom is -0.174 e. The lowest BCUT2D eigenvalue weighted by molar-refractivity contribution is 0.416. The Kier molecular flexibility index (Phi) is 10.00. The lowest BCUT2D eigenvalue weighted by Gasteiger charge is -1.98. The van der Waals surface area contributed by atoms with E-state index in [0.29, 0.717) is 6.42 Å². The van der Waals surface area contributed by atoms with Gasteiger partial charge in [0.1, 0.15) is 0 Å². The summed E-state index contributed by atoms with van der Waals surface area (Å²) in [5.74, 6) is 3.30. The SMILES string of the molecule is CC[CH]SCCCCCC=C(F)F. The molecule has 13 heavy (non-hydrogen) atoms. The number of thioether (sulfide) groups is 1. The van der Waals surface area contributed by atoms with Gasteiger partial charge in [-0.3, -0.25) is 0 Å². The zero-order chi connectivity index (χ0) is 9.94. The highest BCUT2D eigenvalue weighted by molar-refractivity contribution is 8.01. The molecule has 0 aliphatic heterocycles. The van der Waals surface area contributed by atoms with Crippen molar-refractivity contribution < 1.29 is 8.78 Å². The van der Waals surface area contributed by atoms with Crippen molar-refractivity contribution in [2.75, 3.05) is 5.75 Å². The fourth-order valence-electron chi connectivity index (χ4n) is 0.919. The van der Waals surface area contributed by atoms with Crippen LogP contribution in [0.4, 0.5) is 8.78 Å². The van der Waals surface area contributed by atoms with E-state index in [1.165, 1.54) is 0 Å². The van der Waals surface area contributed by atoms with Crippen LogP contribution in [0.3, 0.4) is 0 Å². The highest BCUT2D eigenvalue weighted by atomic mass is 32.2. The highest BCUT2D eigenvalue weighted by Gasteiger charge is 1.91. The molecule has 0 N–H and O–H groups in total. The van der Waals surface area contributed by atoms with Crippen molar-refractivity contribution in [3.05, 3.63) is 17.9 Å². The fourth-order valence-corrected chi connectivity index (χ4v) is 1.69. The van der Waals surface area contributed by atoms with Crippen LogP contribution in [0.1, 0.15) is 39.0 Å². The first-order chi connectivity index (χ1) is 6.27. The van der Waals surface area contributed by atoms with Gasteiger partial charge in [0.25, 0.3) is 6.08 Å². The maximum absolute atomic E-state index is 11.6. The van der Waals surface area contributed by atoms with Crippen molar-refractivity contribution in [3.8, 4) is 0 Å². The van der Waals surface area contributed by atoms with Crippen LogP contribution in [-0.2, 0) is 0 Å². The summed E-state index contributed by atoms with van der Waals surface area (Å²) in [6.07, 6.45) is 4.13. The molecule has 1 radical (unpaired) electrons. The van der Waals surface area contributed by atoms with E-state index in [4.69, 9.17) is 0 Å². The molecular formula is C10H17F2S. The van der Waals surface area contributed by atoms with Crippen molar-refractivity contribution >= 4 is 11.8 Å². The molecule has 0 heterocycles. The van der Waals surface area contributed by atoms with Gasteiger partial charge in [-0.15, -0.1) is 0 Å². The Morgan fingerprint density at radius 2 is 2.00 bits per heavy atom. The van der Waals surface area contributed by atoms with E-state index < -0.39 is 6.08 Å². The van der Waals surface area contributed by atoms with Gasteiger partial charge < -0.3 is 0 Å². The van der Waals surface area contributed by atoms with Gasteiger partial charge in [0.15, 0.2) is 0 Å². The predicted octanol–water partition coefficient (Wildman–Crippen LogP) is 4.63. The van der Waals surface area contributed by atoms with Gasteiger partial charge in [-0.2, -0.15) is 20.5 Å². The molecule has 0 rings (SSSR count). The van der Waals surface area contributed by atoms with E-state index >= 15 is 0 Å². The third-order valence-corrected chi connectivity index (χ3v) is 2.64. The van der Waals surface area contributed by atoms with Gasteiger partial charge in [0, 0.05) is 5.75 Å². The summed E-state index contributed by atoms with van der Waals surface area (Å²) in [4.78, 5) is 0. The van der Waals surface area contributed by atoms with Gasteiger partial charge in [0.2, 0.25) is 0 Å². The largest absolute Gasteiger partial charge is 0.266 e. The Bertz CT molecular complexity index is 131. The second-order valence-electron chi connectivity index (χ2n) is 2.79. The normalized spacial score (nSPS) is 10.1. The van der Waals surface area contributed by atoms with Crippen molar-refractivity contribution in [3.63, 3.8) is 0 Å². The Morgan fingerprint density at radius 1 is 1.23 bits per heavy atom. The summed E-state index contributed by atoms with van der Waals surface area (Å²) in [7, 11) is 0. The van der Waals surface area contributed by atoms with Crippen molar-refractivity contribution in [1.82, 2.24) is 0 Å². The zero-order valence-corrected chi connectivity index (χ0v) is 8.88. The molecule has 0 aliphatic carbocycles. The van der Waals surface area contributed by atoms with Gasteiger partial charge in [-0.05, 0) is 37.5 Å². The summed E-state index contributed by atoms with van der Waals surface area (Å²) in [5, 5.41) is 0. The fraction of sp³-hybridized carbons (Fsp3) is 0.700. The maximum Gasteiger partial charge on any atom is 0.266 e. The lowest BCUT2D eigenvalue weighted by Crippen LogP contribution is -1.80. The van der Waals surface area contributed by atoms with Crippen molar-refractivity contribution in [1.29, 1.82) is 0 Å². The first-order valence-electron chi connectivity index (χ1n) is 4.71.